The van der Waals surface area contributed by atoms with Crippen molar-refractivity contribution in [3.8, 4) is 5.75 Å². The Morgan fingerprint density at radius 2 is 1.93 bits per heavy atom. The highest BCUT2D eigenvalue weighted by Gasteiger charge is 2.19. The molecule has 0 aliphatic carbocycles. The Labute approximate surface area is 162 Å². The third-order valence-corrected chi connectivity index (χ3v) is 4.29. The van der Waals surface area contributed by atoms with Crippen LogP contribution in [0.5, 0.6) is 5.75 Å². The number of ether oxygens (including phenoxy) is 1. The van der Waals surface area contributed by atoms with Crippen molar-refractivity contribution in [1.29, 1.82) is 0 Å². The molecule has 0 unspecified atom stereocenters. The number of carbonyl (C=O) groups is 1. The minimum Gasteiger partial charge on any atom is -0.491 e. The summed E-state index contributed by atoms with van der Waals surface area (Å²) < 4.78 is 5.93. The lowest BCUT2D eigenvalue weighted by Crippen LogP contribution is -2.44. The number of benzene rings is 1. The number of nitrogens with zero attached hydrogens (tertiary/aromatic N) is 2. The fraction of sp³-hybridized carbons (Fsp3) is 0.455. The lowest BCUT2D eigenvalue weighted by Gasteiger charge is -2.27. The summed E-state index contributed by atoms with van der Waals surface area (Å²) in [5.41, 5.74) is 2.19. The third kappa shape index (κ3) is 6.27. The number of nitrogens with one attached hydrogen (secondary N) is 1. The molecule has 0 saturated heterocycles. The van der Waals surface area contributed by atoms with E-state index < -0.39 is 0 Å². The summed E-state index contributed by atoms with van der Waals surface area (Å²) in [6.07, 6.45) is 3.52. The Morgan fingerprint density at radius 3 is 2.56 bits per heavy atom. The monoisotopic (exact) mass is 369 g/mol. The van der Waals surface area contributed by atoms with Crippen LogP contribution in [0.3, 0.4) is 0 Å². The van der Waals surface area contributed by atoms with Gasteiger partial charge in [-0.2, -0.15) is 0 Å². The standard InChI is InChI=1S/C22H31N3O2/c1-17(2)25(16-18-9-8-12-23-15-18)21(26)24-13-14-27-20-11-7-6-10-19(20)22(3,4)5/h6-12,15,17H,13-14,16H2,1-5H3,(H,24,26). The van der Waals surface area contributed by atoms with Crippen LogP contribution in [-0.2, 0) is 12.0 Å². The van der Waals surface area contributed by atoms with Crippen molar-refractivity contribution in [2.75, 3.05) is 13.2 Å². The van der Waals surface area contributed by atoms with Gasteiger partial charge < -0.3 is 15.0 Å². The Bertz CT molecular complexity index is 724. The maximum absolute atomic E-state index is 12.6. The fourth-order valence-electron chi connectivity index (χ4n) is 2.81. The van der Waals surface area contributed by atoms with Gasteiger partial charge in [0.1, 0.15) is 12.4 Å². The number of carbonyl (C=O) groups excluding carboxylic acids is 1. The van der Waals surface area contributed by atoms with Gasteiger partial charge in [-0.1, -0.05) is 45.0 Å². The van der Waals surface area contributed by atoms with Gasteiger partial charge in [-0.25, -0.2) is 4.79 Å². The highest BCUT2D eigenvalue weighted by molar-refractivity contribution is 5.74. The molecule has 1 aromatic carbocycles. The van der Waals surface area contributed by atoms with Crippen molar-refractivity contribution >= 4 is 6.03 Å². The zero-order chi connectivity index (χ0) is 19.9. The molecule has 0 spiro atoms. The number of amides is 2. The lowest BCUT2D eigenvalue weighted by molar-refractivity contribution is 0.177. The van der Waals surface area contributed by atoms with Crippen LogP contribution in [0.1, 0.15) is 45.7 Å². The summed E-state index contributed by atoms with van der Waals surface area (Å²) in [6, 6.07) is 11.9. The van der Waals surface area contributed by atoms with Crippen LogP contribution in [0.2, 0.25) is 0 Å². The molecule has 0 atom stereocenters. The van der Waals surface area contributed by atoms with Gasteiger partial charge in [-0.15, -0.1) is 0 Å². The van der Waals surface area contributed by atoms with Gasteiger partial charge >= 0.3 is 6.03 Å². The molecule has 146 valence electrons. The van der Waals surface area contributed by atoms with Crippen molar-refractivity contribution in [2.45, 2.75) is 52.6 Å². The molecular formula is C22H31N3O2. The van der Waals surface area contributed by atoms with Crippen molar-refractivity contribution in [1.82, 2.24) is 15.2 Å². The van der Waals surface area contributed by atoms with Gasteiger partial charge in [0, 0.05) is 25.0 Å². The minimum atomic E-state index is -0.0958. The molecule has 2 amide bonds. The number of pyridine rings is 1. The highest BCUT2D eigenvalue weighted by Crippen LogP contribution is 2.30. The van der Waals surface area contributed by atoms with Crippen LogP contribution in [0, 0.1) is 0 Å². The third-order valence-electron chi connectivity index (χ3n) is 4.29. The molecule has 5 heteroatoms. The van der Waals surface area contributed by atoms with Crippen LogP contribution < -0.4 is 10.1 Å². The van der Waals surface area contributed by atoms with E-state index in [2.05, 4.69) is 37.1 Å². The van der Waals surface area contributed by atoms with Gasteiger partial charge in [-0.3, -0.25) is 4.98 Å². The molecule has 2 rings (SSSR count). The van der Waals surface area contributed by atoms with E-state index in [0.29, 0.717) is 19.7 Å². The first-order valence-electron chi connectivity index (χ1n) is 9.44. The Kier molecular flexibility index (Phi) is 7.22. The summed E-state index contributed by atoms with van der Waals surface area (Å²) >= 11 is 0. The molecule has 1 N–H and O–H groups in total. The zero-order valence-corrected chi connectivity index (χ0v) is 17.0. The van der Waals surface area contributed by atoms with Crippen molar-refractivity contribution < 1.29 is 9.53 Å². The molecule has 0 bridgehead atoms. The topological polar surface area (TPSA) is 54.5 Å². The maximum atomic E-state index is 12.6. The first kappa shape index (κ1) is 20.7. The summed E-state index contributed by atoms with van der Waals surface area (Å²) in [5, 5.41) is 2.95. The van der Waals surface area contributed by atoms with E-state index in [9.17, 15) is 4.79 Å². The summed E-state index contributed by atoms with van der Waals surface area (Å²) in [7, 11) is 0. The second kappa shape index (κ2) is 9.40. The second-order valence-corrected chi connectivity index (χ2v) is 7.91. The fourth-order valence-corrected chi connectivity index (χ4v) is 2.81. The Morgan fingerprint density at radius 1 is 1.19 bits per heavy atom. The molecule has 0 aliphatic heterocycles. The number of para-hydroxylation sites is 1. The summed E-state index contributed by atoms with van der Waals surface area (Å²) in [5.74, 6) is 0.871. The number of hydrogen-bond donors (Lipinski definition) is 1. The first-order valence-corrected chi connectivity index (χ1v) is 9.44. The van der Waals surface area contributed by atoms with E-state index in [1.54, 1.807) is 17.3 Å². The summed E-state index contributed by atoms with van der Waals surface area (Å²) in [4.78, 5) is 18.5. The van der Waals surface area contributed by atoms with E-state index in [1.807, 2.05) is 44.2 Å². The predicted octanol–water partition coefficient (Wildman–Crippen LogP) is 4.38. The predicted molar refractivity (Wildman–Crippen MR) is 109 cm³/mol. The molecule has 0 radical (unpaired) electrons. The number of urea groups is 1. The average Bonchev–Trinajstić information content (AvgIpc) is 2.63. The molecule has 1 aromatic heterocycles. The second-order valence-electron chi connectivity index (χ2n) is 7.91. The van der Waals surface area contributed by atoms with E-state index in [-0.39, 0.29) is 17.5 Å². The first-order chi connectivity index (χ1) is 12.8. The van der Waals surface area contributed by atoms with Gasteiger partial charge in [-0.05, 0) is 42.5 Å². The maximum Gasteiger partial charge on any atom is 0.318 e. The minimum absolute atomic E-state index is 0.0119. The SMILES string of the molecule is CC(C)N(Cc1cccnc1)C(=O)NCCOc1ccccc1C(C)(C)C. The van der Waals surface area contributed by atoms with Crippen molar-refractivity contribution in [3.63, 3.8) is 0 Å². The molecule has 2 aromatic rings. The number of hydrogen-bond acceptors (Lipinski definition) is 3. The van der Waals surface area contributed by atoms with E-state index in [1.165, 1.54) is 0 Å². The normalized spacial score (nSPS) is 11.3. The molecule has 0 aliphatic rings. The number of aromatic nitrogens is 1. The van der Waals surface area contributed by atoms with Crippen LogP contribution in [0.25, 0.3) is 0 Å². The van der Waals surface area contributed by atoms with Crippen LogP contribution in [-0.4, -0.2) is 35.1 Å². The van der Waals surface area contributed by atoms with Gasteiger partial charge in [0.25, 0.3) is 0 Å². The molecule has 1 heterocycles. The molecule has 0 fully saturated rings. The lowest BCUT2D eigenvalue weighted by atomic mass is 9.86. The van der Waals surface area contributed by atoms with E-state index in [0.717, 1.165) is 16.9 Å². The largest absolute Gasteiger partial charge is 0.491 e. The van der Waals surface area contributed by atoms with Gasteiger partial charge in [0.2, 0.25) is 0 Å². The van der Waals surface area contributed by atoms with E-state index >= 15 is 0 Å². The molecular weight excluding hydrogens is 338 g/mol. The quantitative estimate of drug-likeness (QED) is 0.737. The highest BCUT2D eigenvalue weighted by atomic mass is 16.5. The molecule has 27 heavy (non-hydrogen) atoms. The van der Waals surface area contributed by atoms with Crippen LogP contribution >= 0.6 is 0 Å². The summed E-state index contributed by atoms with van der Waals surface area (Å²) in [6.45, 7) is 11.9. The smallest absolute Gasteiger partial charge is 0.318 e. The van der Waals surface area contributed by atoms with Crippen LogP contribution in [0.4, 0.5) is 4.79 Å². The zero-order valence-electron chi connectivity index (χ0n) is 17.0. The van der Waals surface area contributed by atoms with Crippen molar-refractivity contribution in [3.05, 3.63) is 59.9 Å². The Hall–Kier alpha value is -2.56. The van der Waals surface area contributed by atoms with Gasteiger partial charge in [0.15, 0.2) is 0 Å². The van der Waals surface area contributed by atoms with Crippen molar-refractivity contribution in [2.24, 2.45) is 0 Å². The molecule has 5 nitrogen and oxygen atoms in total. The van der Waals surface area contributed by atoms with Gasteiger partial charge in [0.05, 0.1) is 6.54 Å². The van der Waals surface area contributed by atoms with Crippen LogP contribution in [0.15, 0.2) is 48.8 Å². The average molecular weight is 370 g/mol. The van der Waals surface area contributed by atoms with E-state index in [4.69, 9.17) is 4.74 Å². The Balaban J connectivity index is 1.88. The molecule has 0 saturated carbocycles. The number of rotatable bonds is 7.